The topological polar surface area (TPSA) is 90.7 Å². The summed E-state index contributed by atoms with van der Waals surface area (Å²) in [5, 5.41) is 8.84. The Bertz CT molecular complexity index is 757. The van der Waals surface area contributed by atoms with E-state index in [0.717, 1.165) is 0 Å². The van der Waals surface area contributed by atoms with Gasteiger partial charge in [0.2, 0.25) is 5.91 Å². The number of amides is 2. The second kappa shape index (κ2) is 10.1. The van der Waals surface area contributed by atoms with Crippen molar-refractivity contribution in [2.45, 2.75) is 40.0 Å². The highest BCUT2D eigenvalue weighted by molar-refractivity contribution is 5.95. The second-order valence-electron chi connectivity index (χ2n) is 8.21. The Balaban J connectivity index is 1.87. The van der Waals surface area contributed by atoms with Crippen LogP contribution in [0.3, 0.4) is 0 Å². The van der Waals surface area contributed by atoms with Gasteiger partial charge in [-0.1, -0.05) is 39.0 Å². The fourth-order valence-corrected chi connectivity index (χ4v) is 3.29. The molecule has 1 saturated heterocycles. The van der Waals surface area contributed by atoms with Crippen molar-refractivity contribution in [1.82, 2.24) is 4.90 Å². The van der Waals surface area contributed by atoms with Gasteiger partial charge >= 0.3 is 5.97 Å². The SMILES string of the molecule is CC(C)(C)C(=O)N1CCC(C(=O)OCC(=O)N(CCC#N)c2ccccc2)CC1. The van der Waals surface area contributed by atoms with Gasteiger partial charge in [-0.2, -0.15) is 5.26 Å². The molecule has 1 aromatic carbocycles. The molecule has 0 radical (unpaired) electrons. The minimum atomic E-state index is -0.440. The van der Waals surface area contributed by atoms with Crippen molar-refractivity contribution in [1.29, 1.82) is 5.26 Å². The van der Waals surface area contributed by atoms with Crippen LogP contribution >= 0.6 is 0 Å². The van der Waals surface area contributed by atoms with Crippen LogP contribution in [0, 0.1) is 22.7 Å². The highest BCUT2D eigenvalue weighted by atomic mass is 16.5. The fourth-order valence-electron chi connectivity index (χ4n) is 3.29. The third kappa shape index (κ3) is 6.31. The number of ether oxygens (including phenoxy) is 1. The number of esters is 1. The van der Waals surface area contributed by atoms with Gasteiger partial charge in [-0.3, -0.25) is 14.4 Å². The summed E-state index contributed by atoms with van der Waals surface area (Å²) < 4.78 is 5.27. The molecule has 0 unspecified atom stereocenters. The van der Waals surface area contributed by atoms with Crippen molar-refractivity contribution >= 4 is 23.5 Å². The first-order valence-electron chi connectivity index (χ1n) is 9.92. The maximum atomic E-state index is 12.6. The van der Waals surface area contributed by atoms with Crippen molar-refractivity contribution in [3.63, 3.8) is 0 Å². The van der Waals surface area contributed by atoms with Gasteiger partial charge in [0, 0.05) is 30.7 Å². The van der Waals surface area contributed by atoms with Crippen molar-refractivity contribution in [2.75, 3.05) is 31.1 Å². The molecule has 7 nitrogen and oxygen atoms in total. The second-order valence-corrected chi connectivity index (χ2v) is 8.21. The van der Waals surface area contributed by atoms with E-state index in [0.29, 0.717) is 31.6 Å². The number of para-hydroxylation sites is 1. The maximum absolute atomic E-state index is 12.6. The van der Waals surface area contributed by atoms with Gasteiger partial charge < -0.3 is 14.5 Å². The number of piperidine rings is 1. The number of nitriles is 1. The smallest absolute Gasteiger partial charge is 0.309 e. The molecule has 29 heavy (non-hydrogen) atoms. The summed E-state index contributed by atoms with van der Waals surface area (Å²) in [5.41, 5.74) is 0.224. The van der Waals surface area contributed by atoms with Crippen molar-refractivity contribution in [3.05, 3.63) is 30.3 Å². The quantitative estimate of drug-likeness (QED) is 0.686. The van der Waals surface area contributed by atoms with Gasteiger partial charge in [-0.25, -0.2) is 0 Å². The van der Waals surface area contributed by atoms with Crippen LogP contribution in [0.25, 0.3) is 0 Å². The number of carbonyl (C=O) groups is 3. The molecule has 1 aromatic rings. The number of hydrogen-bond donors (Lipinski definition) is 0. The van der Waals surface area contributed by atoms with Gasteiger partial charge in [0.1, 0.15) is 0 Å². The van der Waals surface area contributed by atoms with Crippen LogP contribution in [0.4, 0.5) is 5.69 Å². The zero-order valence-corrected chi connectivity index (χ0v) is 17.4. The molecule has 7 heteroatoms. The number of likely N-dealkylation sites (tertiary alicyclic amines) is 1. The Morgan fingerprint density at radius 2 is 1.79 bits per heavy atom. The third-order valence-electron chi connectivity index (χ3n) is 4.91. The molecular weight excluding hydrogens is 370 g/mol. The first kappa shape index (κ1) is 22.4. The van der Waals surface area contributed by atoms with Crippen LogP contribution < -0.4 is 4.90 Å². The molecule has 0 spiro atoms. The summed E-state index contributed by atoms with van der Waals surface area (Å²) in [5.74, 6) is -0.999. The Labute approximate surface area is 172 Å². The predicted octanol–water partition coefficient (Wildman–Crippen LogP) is 2.76. The molecular formula is C22H29N3O4. The summed E-state index contributed by atoms with van der Waals surface area (Å²) >= 11 is 0. The summed E-state index contributed by atoms with van der Waals surface area (Å²) in [6, 6.07) is 11.0. The summed E-state index contributed by atoms with van der Waals surface area (Å²) in [4.78, 5) is 40.6. The molecule has 0 bridgehead atoms. The lowest BCUT2D eigenvalue weighted by Crippen LogP contribution is -2.45. The molecule has 2 rings (SSSR count). The molecule has 1 aliphatic heterocycles. The van der Waals surface area contributed by atoms with Crippen LogP contribution in [0.15, 0.2) is 30.3 Å². The van der Waals surface area contributed by atoms with Crippen molar-refractivity contribution in [2.24, 2.45) is 11.3 Å². The zero-order chi connectivity index (χ0) is 21.4. The monoisotopic (exact) mass is 399 g/mol. The number of benzene rings is 1. The Morgan fingerprint density at radius 1 is 1.17 bits per heavy atom. The predicted molar refractivity (Wildman–Crippen MR) is 109 cm³/mol. The first-order chi connectivity index (χ1) is 13.7. The average Bonchev–Trinajstić information content (AvgIpc) is 2.72. The minimum Gasteiger partial charge on any atom is -0.455 e. The van der Waals surface area contributed by atoms with E-state index in [1.165, 1.54) is 4.90 Å². The Hall–Kier alpha value is -2.88. The number of carbonyl (C=O) groups excluding carboxylic acids is 3. The highest BCUT2D eigenvalue weighted by Gasteiger charge is 2.33. The molecule has 156 valence electrons. The van der Waals surface area contributed by atoms with E-state index in [1.54, 1.807) is 29.2 Å². The summed E-state index contributed by atoms with van der Waals surface area (Å²) in [7, 11) is 0. The summed E-state index contributed by atoms with van der Waals surface area (Å²) in [6.07, 6.45) is 1.26. The molecule has 2 amide bonds. The Kier molecular flexibility index (Phi) is 7.77. The van der Waals surface area contributed by atoms with E-state index >= 15 is 0 Å². The maximum Gasteiger partial charge on any atom is 0.309 e. The van der Waals surface area contributed by atoms with Gasteiger partial charge in [0.05, 0.1) is 18.4 Å². The fraction of sp³-hybridized carbons (Fsp3) is 0.545. The molecule has 0 saturated carbocycles. The lowest BCUT2D eigenvalue weighted by molar-refractivity contribution is -0.155. The average molecular weight is 399 g/mol. The molecule has 1 heterocycles. The van der Waals surface area contributed by atoms with E-state index in [4.69, 9.17) is 10.00 Å². The first-order valence-corrected chi connectivity index (χ1v) is 9.92. The van der Waals surface area contributed by atoms with Crippen LogP contribution in [-0.4, -0.2) is 48.9 Å². The summed E-state index contributed by atoms with van der Waals surface area (Å²) in [6.45, 7) is 6.55. The van der Waals surface area contributed by atoms with E-state index in [-0.39, 0.29) is 37.3 Å². The van der Waals surface area contributed by atoms with Gasteiger partial charge in [-0.15, -0.1) is 0 Å². The van der Waals surface area contributed by atoms with E-state index in [9.17, 15) is 14.4 Å². The largest absolute Gasteiger partial charge is 0.455 e. The highest BCUT2D eigenvalue weighted by Crippen LogP contribution is 2.24. The molecule has 1 aliphatic rings. The molecule has 0 aromatic heterocycles. The number of rotatable bonds is 6. The van der Waals surface area contributed by atoms with Crippen molar-refractivity contribution < 1.29 is 19.1 Å². The van der Waals surface area contributed by atoms with Gasteiger partial charge in [-0.05, 0) is 25.0 Å². The molecule has 0 atom stereocenters. The normalized spacial score (nSPS) is 14.8. The molecule has 0 N–H and O–H groups in total. The number of anilines is 1. The Morgan fingerprint density at radius 3 is 2.34 bits per heavy atom. The van der Waals surface area contributed by atoms with Crippen LogP contribution in [0.2, 0.25) is 0 Å². The number of hydrogen-bond acceptors (Lipinski definition) is 5. The van der Waals surface area contributed by atoms with E-state index < -0.39 is 11.4 Å². The van der Waals surface area contributed by atoms with Gasteiger partial charge in [0.15, 0.2) is 6.61 Å². The molecule has 0 aliphatic carbocycles. The van der Waals surface area contributed by atoms with E-state index in [2.05, 4.69) is 0 Å². The van der Waals surface area contributed by atoms with Gasteiger partial charge in [0.25, 0.3) is 5.91 Å². The van der Waals surface area contributed by atoms with Crippen LogP contribution in [-0.2, 0) is 19.1 Å². The lowest BCUT2D eigenvalue weighted by Gasteiger charge is -2.35. The number of nitrogens with zero attached hydrogens (tertiary/aromatic N) is 3. The standard InChI is InChI=1S/C22H29N3O4/c1-22(2,3)21(28)24-14-10-17(11-15-24)20(27)29-16-19(26)25(13-7-12-23)18-8-5-4-6-9-18/h4-6,8-9,17H,7,10-11,13-16H2,1-3H3. The zero-order valence-electron chi connectivity index (χ0n) is 17.4. The van der Waals surface area contributed by atoms with Crippen LogP contribution in [0.5, 0.6) is 0 Å². The van der Waals surface area contributed by atoms with Crippen LogP contribution in [0.1, 0.15) is 40.0 Å². The minimum absolute atomic E-state index is 0.0792. The van der Waals surface area contributed by atoms with Crippen molar-refractivity contribution in [3.8, 4) is 6.07 Å². The molecule has 1 fully saturated rings. The third-order valence-corrected chi connectivity index (χ3v) is 4.91. The lowest BCUT2D eigenvalue weighted by atomic mass is 9.91. The van der Waals surface area contributed by atoms with E-state index in [1.807, 2.05) is 32.9 Å².